The molecule has 0 saturated carbocycles. The minimum absolute atomic E-state index is 0.0794. The second kappa shape index (κ2) is 9.37. The molecule has 0 unspecified atom stereocenters. The fourth-order valence-electron chi connectivity index (χ4n) is 3.15. The molecule has 2 aromatic carbocycles. The van der Waals surface area contributed by atoms with Crippen LogP contribution in [0.1, 0.15) is 18.4 Å². The largest absolute Gasteiger partial charge is 0.496 e. The van der Waals surface area contributed by atoms with E-state index >= 15 is 0 Å². The van der Waals surface area contributed by atoms with Crippen molar-refractivity contribution in [2.75, 3.05) is 20.3 Å². The lowest BCUT2D eigenvalue weighted by molar-refractivity contribution is -0.124. The van der Waals surface area contributed by atoms with Crippen LogP contribution in [-0.2, 0) is 16.0 Å². The lowest BCUT2D eigenvalue weighted by Crippen LogP contribution is -2.51. The van der Waals surface area contributed by atoms with Crippen LogP contribution in [0.2, 0.25) is 0 Å². The Morgan fingerprint density at radius 2 is 2.11 bits per heavy atom. The molecule has 0 aromatic heterocycles. The highest BCUT2D eigenvalue weighted by Gasteiger charge is 2.29. The third kappa shape index (κ3) is 5.44. The summed E-state index contributed by atoms with van der Waals surface area (Å²) in [6.45, 7) is 0.925. The molecule has 0 aliphatic carbocycles. The number of benzene rings is 2. The summed E-state index contributed by atoms with van der Waals surface area (Å²) in [5.41, 5.74) is 0.989. The SMILES string of the molecule is COc1ccccc1CCC(=O)N[C@@H]1COCC[C@@H]1Oc1cccc(F)c1. The van der Waals surface area contributed by atoms with Gasteiger partial charge in [-0.25, -0.2) is 4.39 Å². The zero-order valence-electron chi connectivity index (χ0n) is 15.3. The molecule has 3 rings (SSSR count). The van der Waals surface area contributed by atoms with E-state index in [1.54, 1.807) is 19.2 Å². The molecule has 6 heteroatoms. The van der Waals surface area contributed by atoms with Gasteiger partial charge in [0.1, 0.15) is 23.4 Å². The van der Waals surface area contributed by atoms with Gasteiger partial charge in [0, 0.05) is 18.9 Å². The van der Waals surface area contributed by atoms with E-state index in [2.05, 4.69) is 5.32 Å². The molecule has 1 aliphatic rings. The van der Waals surface area contributed by atoms with Crippen LogP contribution < -0.4 is 14.8 Å². The maximum atomic E-state index is 13.4. The standard InChI is InChI=1S/C21H24FNO4/c1-25-19-8-3-2-5-15(19)9-10-21(24)23-18-14-26-12-11-20(18)27-17-7-4-6-16(22)13-17/h2-8,13,18,20H,9-12,14H2,1H3,(H,23,24)/t18-,20+/m1/s1. The number of methoxy groups -OCH3 is 1. The van der Waals surface area contributed by atoms with Crippen LogP contribution >= 0.6 is 0 Å². The monoisotopic (exact) mass is 373 g/mol. The number of hydrogen-bond acceptors (Lipinski definition) is 4. The number of nitrogens with one attached hydrogen (secondary N) is 1. The molecule has 5 nitrogen and oxygen atoms in total. The summed E-state index contributed by atoms with van der Waals surface area (Å²) in [6, 6.07) is 13.4. The van der Waals surface area contributed by atoms with Crippen molar-refractivity contribution in [3.8, 4) is 11.5 Å². The number of rotatable bonds is 7. The van der Waals surface area contributed by atoms with E-state index in [9.17, 15) is 9.18 Å². The fourth-order valence-corrected chi connectivity index (χ4v) is 3.15. The van der Waals surface area contributed by atoms with Crippen LogP contribution in [0.25, 0.3) is 0 Å². The normalized spacial score (nSPS) is 19.3. The first-order chi connectivity index (χ1) is 13.2. The van der Waals surface area contributed by atoms with Crippen molar-refractivity contribution in [1.29, 1.82) is 0 Å². The maximum Gasteiger partial charge on any atom is 0.220 e. The van der Waals surface area contributed by atoms with Gasteiger partial charge in [0.2, 0.25) is 5.91 Å². The molecule has 0 bridgehead atoms. The zero-order chi connectivity index (χ0) is 19.1. The van der Waals surface area contributed by atoms with Crippen molar-refractivity contribution in [3.05, 3.63) is 59.9 Å². The lowest BCUT2D eigenvalue weighted by atomic mass is 10.0. The molecule has 1 saturated heterocycles. The molecule has 2 aromatic rings. The number of carbonyl (C=O) groups is 1. The molecule has 0 radical (unpaired) electrons. The Hall–Kier alpha value is -2.60. The van der Waals surface area contributed by atoms with Gasteiger partial charge in [-0.2, -0.15) is 0 Å². The van der Waals surface area contributed by atoms with Crippen LogP contribution in [0.3, 0.4) is 0 Å². The van der Waals surface area contributed by atoms with Gasteiger partial charge in [-0.1, -0.05) is 24.3 Å². The van der Waals surface area contributed by atoms with Gasteiger partial charge < -0.3 is 19.5 Å². The highest BCUT2D eigenvalue weighted by Crippen LogP contribution is 2.21. The minimum atomic E-state index is -0.350. The van der Waals surface area contributed by atoms with Crippen LogP contribution in [0.15, 0.2) is 48.5 Å². The summed E-state index contributed by atoms with van der Waals surface area (Å²) < 4.78 is 30.1. The summed E-state index contributed by atoms with van der Waals surface area (Å²) in [5.74, 6) is 0.801. The number of hydrogen-bond donors (Lipinski definition) is 1. The van der Waals surface area contributed by atoms with Crippen molar-refractivity contribution in [1.82, 2.24) is 5.32 Å². The molecule has 0 spiro atoms. The summed E-state index contributed by atoms with van der Waals surface area (Å²) in [7, 11) is 1.62. The van der Waals surface area contributed by atoms with Gasteiger partial charge in [-0.05, 0) is 30.2 Å². The van der Waals surface area contributed by atoms with Crippen LogP contribution in [0, 0.1) is 5.82 Å². The van der Waals surface area contributed by atoms with Gasteiger partial charge >= 0.3 is 0 Å². The predicted octanol–water partition coefficient (Wildman–Crippen LogP) is 3.12. The van der Waals surface area contributed by atoms with Crippen LogP contribution in [0.4, 0.5) is 4.39 Å². The molecule has 144 valence electrons. The van der Waals surface area contributed by atoms with Crippen molar-refractivity contribution >= 4 is 5.91 Å². The molecular formula is C21H24FNO4. The van der Waals surface area contributed by atoms with E-state index < -0.39 is 0 Å². The highest BCUT2D eigenvalue weighted by molar-refractivity contribution is 5.76. The topological polar surface area (TPSA) is 56.8 Å². The van der Waals surface area contributed by atoms with E-state index in [0.717, 1.165) is 11.3 Å². The number of aryl methyl sites for hydroxylation is 1. The highest BCUT2D eigenvalue weighted by atomic mass is 19.1. The Balaban J connectivity index is 1.56. The first kappa shape index (κ1) is 19.2. The number of halogens is 1. The van der Waals surface area contributed by atoms with Gasteiger partial charge in [-0.3, -0.25) is 4.79 Å². The molecule has 1 amide bonds. The van der Waals surface area contributed by atoms with E-state index in [1.165, 1.54) is 12.1 Å². The average molecular weight is 373 g/mol. The molecule has 1 fully saturated rings. The second-order valence-electron chi connectivity index (χ2n) is 6.46. The molecule has 1 heterocycles. The van der Waals surface area contributed by atoms with Crippen molar-refractivity contribution < 1.29 is 23.4 Å². The minimum Gasteiger partial charge on any atom is -0.496 e. The summed E-state index contributed by atoms with van der Waals surface area (Å²) >= 11 is 0. The molecule has 1 N–H and O–H groups in total. The van der Waals surface area contributed by atoms with Crippen LogP contribution in [-0.4, -0.2) is 38.4 Å². The Kier molecular flexibility index (Phi) is 6.65. The van der Waals surface area contributed by atoms with Gasteiger partial charge in [0.05, 0.1) is 26.4 Å². The Labute approximate surface area is 158 Å². The van der Waals surface area contributed by atoms with Crippen LogP contribution in [0.5, 0.6) is 11.5 Å². The molecule has 27 heavy (non-hydrogen) atoms. The van der Waals surface area contributed by atoms with Gasteiger partial charge in [0.15, 0.2) is 0 Å². The number of para-hydroxylation sites is 1. The number of amides is 1. The van der Waals surface area contributed by atoms with Gasteiger partial charge in [-0.15, -0.1) is 0 Å². The predicted molar refractivity (Wildman–Crippen MR) is 99.5 cm³/mol. The van der Waals surface area contributed by atoms with Crippen molar-refractivity contribution in [2.24, 2.45) is 0 Å². The van der Waals surface area contributed by atoms with E-state index in [-0.39, 0.29) is 23.9 Å². The Morgan fingerprint density at radius 3 is 2.93 bits per heavy atom. The van der Waals surface area contributed by atoms with Crippen molar-refractivity contribution in [2.45, 2.75) is 31.4 Å². The second-order valence-corrected chi connectivity index (χ2v) is 6.46. The quantitative estimate of drug-likeness (QED) is 0.810. The summed E-state index contributed by atoms with van der Waals surface area (Å²) in [4.78, 5) is 12.4. The Bertz CT molecular complexity index is 767. The Morgan fingerprint density at radius 1 is 1.26 bits per heavy atom. The molecular weight excluding hydrogens is 349 g/mol. The summed E-state index contributed by atoms with van der Waals surface area (Å²) in [6.07, 6.45) is 1.30. The van der Waals surface area contributed by atoms with Crippen molar-refractivity contribution in [3.63, 3.8) is 0 Å². The lowest BCUT2D eigenvalue weighted by Gasteiger charge is -2.32. The number of carbonyl (C=O) groups excluding carboxylic acids is 1. The maximum absolute atomic E-state index is 13.4. The molecule has 2 atom stereocenters. The zero-order valence-corrected chi connectivity index (χ0v) is 15.3. The first-order valence-electron chi connectivity index (χ1n) is 9.07. The van der Waals surface area contributed by atoms with E-state index in [1.807, 2.05) is 24.3 Å². The van der Waals surface area contributed by atoms with E-state index in [0.29, 0.717) is 38.2 Å². The first-order valence-corrected chi connectivity index (χ1v) is 9.07. The third-order valence-corrected chi connectivity index (χ3v) is 4.54. The fraction of sp³-hybridized carbons (Fsp3) is 0.381. The third-order valence-electron chi connectivity index (χ3n) is 4.54. The molecule has 1 aliphatic heterocycles. The number of ether oxygens (including phenoxy) is 3. The average Bonchev–Trinajstić information content (AvgIpc) is 2.68. The summed E-state index contributed by atoms with van der Waals surface area (Å²) in [5, 5.41) is 2.99. The van der Waals surface area contributed by atoms with E-state index in [4.69, 9.17) is 14.2 Å². The smallest absolute Gasteiger partial charge is 0.220 e. The van der Waals surface area contributed by atoms with Gasteiger partial charge in [0.25, 0.3) is 0 Å².